The standard InChI is InChI=1S/C21H22N4O4/c1-21(29,20(27)28)12-17(24-19(26)18-22-13-23-25-18)11-14-7-9-16(10-8-14)15-5-3-2-4-6-15/h2-10,13,17,29H,11-12H2,1H3,(H,24,26)(H,27,28)(H,22,23,25)/t17?,21-/m1/s1. The summed E-state index contributed by atoms with van der Waals surface area (Å²) in [4.78, 5) is 27.5. The minimum atomic E-state index is -1.98. The fourth-order valence-corrected chi connectivity index (χ4v) is 3.06. The Morgan fingerprint density at radius 2 is 1.76 bits per heavy atom. The van der Waals surface area contributed by atoms with Crippen LogP contribution in [0.15, 0.2) is 60.9 Å². The highest BCUT2D eigenvalue weighted by Crippen LogP contribution is 2.21. The number of hydrogen-bond acceptors (Lipinski definition) is 5. The molecule has 8 nitrogen and oxygen atoms in total. The van der Waals surface area contributed by atoms with Gasteiger partial charge < -0.3 is 15.5 Å². The molecule has 0 aliphatic carbocycles. The van der Waals surface area contributed by atoms with Crippen LogP contribution in [0.5, 0.6) is 0 Å². The summed E-state index contributed by atoms with van der Waals surface area (Å²) in [5, 5.41) is 28.3. The van der Waals surface area contributed by atoms with Gasteiger partial charge in [-0.25, -0.2) is 9.78 Å². The average Bonchev–Trinajstić information content (AvgIpc) is 3.24. The number of H-pyrrole nitrogens is 1. The molecule has 8 heteroatoms. The van der Waals surface area contributed by atoms with Gasteiger partial charge in [-0.05, 0) is 30.0 Å². The van der Waals surface area contributed by atoms with Gasteiger partial charge in [0.1, 0.15) is 6.33 Å². The minimum absolute atomic E-state index is 0.0180. The first kappa shape index (κ1) is 20.2. The number of aromatic amines is 1. The van der Waals surface area contributed by atoms with Crippen molar-refractivity contribution in [2.24, 2.45) is 0 Å². The minimum Gasteiger partial charge on any atom is -0.479 e. The van der Waals surface area contributed by atoms with Crippen molar-refractivity contribution in [1.82, 2.24) is 20.5 Å². The molecule has 0 saturated heterocycles. The number of aliphatic carboxylic acids is 1. The molecule has 0 saturated carbocycles. The van der Waals surface area contributed by atoms with E-state index < -0.39 is 23.5 Å². The van der Waals surface area contributed by atoms with E-state index in [9.17, 15) is 19.8 Å². The van der Waals surface area contributed by atoms with Crippen molar-refractivity contribution in [3.8, 4) is 11.1 Å². The predicted molar refractivity (Wildman–Crippen MR) is 106 cm³/mol. The Kier molecular flexibility index (Phi) is 6.04. The maximum atomic E-state index is 12.3. The maximum absolute atomic E-state index is 12.3. The quantitative estimate of drug-likeness (QED) is 0.463. The zero-order valence-corrected chi connectivity index (χ0v) is 15.9. The first-order chi connectivity index (χ1) is 13.8. The molecule has 150 valence electrons. The third kappa shape index (κ3) is 5.26. The monoisotopic (exact) mass is 394 g/mol. The molecule has 0 aliphatic heterocycles. The molecule has 2 aromatic carbocycles. The Morgan fingerprint density at radius 3 is 2.34 bits per heavy atom. The first-order valence-corrected chi connectivity index (χ1v) is 9.11. The van der Waals surface area contributed by atoms with E-state index in [1.165, 1.54) is 13.3 Å². The van der Waals surface area contributed by atoms with Crippen molar-refractivity contribution in [1.29, 1.82) is 0 Å². The molecule has 4 N–H and O–H groups in total. The first-order valence-electron chi connectivity index (χ1n) is 9.11. The second kappa shape index (κ2) is 8.66. The van der Waals surface area contributed by atoms with Crippen molar-refractivity contribution in [3.05, 3.63) is 72.3 Å². The summed E-state index contributed by atoms with van der Waals surface area (Å²) in [6, 6.07) is 17.1. The van der Waals surface area contributed by atoms with Crippen LogP contribution in [0.3, 0.4) is 0 Å². The molecule has 2 atom stereocenters. The van der Waals surface area contributed by atoms with E-state index in [0.717, 1.165) is 16.7 Å². The van der Waals surface area contributed by atoms with E-state index in [2.05, 4.69) is 20.5 Å². The summed E-state index contributed by atoms with van der Waals surface area (Å²) in [6.07, 6.45) is 1.39. The van der Waals surface area contributed by atoms with Gasteiger partial charge >= 0.3 is 5.97 Å². The zero-order chi connectivity index (χ0) is 20.9. The van der Waals surface area contributed by atoms with Crippen molar-refractivity contribution in [3.63, 3.8) is 0 Å². The van der Waals surface area contributed by atoms with E-state index in [1.54, 1.807) is 0 Å². The summed E-state index contributed by atoms with van der Waals surface area (Å²) in [5.41, 5.74) is 1.05. The van der Waals surface area contributed by atoms with Gasteiger partial charge in [0, 0.05) is 12.5 Å². The van der Waals surface area contributed by atoms with Crippen LogP contribution in [0, 0.1) is 0 Å². The lowest BCUT2D eigenvalue weighted by Crippen LogP contribution is -2.46. The Hall–Kier alpha value is -3.52. The summed E-state index contributed by atoms with van der Waals surface area (Å²) >= 11 is 0. The highest BCUT2D eigenvalue weighted by molar-refractivity contribution is 5.90. The molecule has 1 heterocycles. The summed E-state index contributed by atoms with van der Waals surface area (Å²) in [5.74, 6) is -1.85. The van der Waals surface area contributed by atoms with Crippen LogP contribution in [-0.4, -0.2) is 48.9 Å². The smallest absolute Gasteiger partial charge is 0.335 e. The second-order valence-electron chi connectivity index (χ2n) is 7.05. The molecule has 0 aliphatic rings. The molecule has 3 aromatic rings. The van der Waals surface area contributed by atoms with Crippen LogP contribution < -0.4 is 5.32 Å². The highest BCUT2D eigenvalue weighted by atomic mass is 16.4. The Balaban J connectivity index is 1.76. The summed E-state index contributed by atoms with van der Waals surface area (Å²) < 4.78 is 0. The molecular formula is C21H22N4O4. The second-order valence-corrected chi connectivity index (χ2v) is 7.05. The lowest BCUT2D eigenvalue weighted by Gasteiger charge is -2.25. The molecule has 0 bridgehead atoms. The fourth-order valence-electron chi connectivity index (χ4n) is 3.06. The molecule has 0 fully saturated rings. The van der Waals surface area contributed by atoms with Gasteiger partial charge in [0.25, 0.3) is 5.91 Å². The number of nitrogens with zero attached hydrogens (tertiary/aromatic N) is 2. The number of amides is 1. The molecule has 1 amide bonds. The number of carboxylic acid groups (broad SMARTS) is 1. The Morgan fingerprint density at radius 1 is 1.10 bits per heavy atom. The van der Waals surface area contributed by atoms with Crippen molar-refractivity contribution in [2.75, 3.05) is 0 Å². The number of rotatable bonds is 8. The van der Waals surface area contributed by atoms with Crippen LogP contribution in [-0.2, 0) is 11.2 Å². The predicted octanol–water partition coefficient (Wildman–Crippen LogP) is 2.04. The van der Waals surface area contributed by atoms with Gasteiger partial charge in [0.2, 0.25) is 5.82 Å². The average molecular weight is 394 g/mol. The molecule has 1 aromatic heterocycles. The van der Waals surface area contributed by atoms with Gasteiger partial charge in [-0.3, -0.25) is 9.89 Å². The van der Waals surface area contributed by atoms with E-state index in [0.29, 0.717) is 6.42 Å². The third-order valence-corrected chi connectivity index (χ3v) is 4.61. The van der Waals surface area contributed by atoms with Gasteiger partial charge in [0.05, 0.1) is 0 Å². The lowest BCUT2D eigenvalue weighted by atomic mass is 9.92. The SMILES string of the molecule is C[C@@](O)(CC(Cc1ccc(-c2ccccc2)cc1)NC(=O)c1ncn[nH]1)C(=O)O. The van der Waals surface area contributed by atoms with Crippen LogP contribution >= 0.6 is 0 Å². The third-order valence-electron chi connectivity index (χ3n) is 4.61. The topological polar surface area (TPSA) is 128 Å². The van der Waals surface area contributed by atoms with E-state index in [1.807, 2.05) is 54.6 Å². The molecule has 29 heavy (non-hydrogen) atoms. The van der Waals surface area contributed by atoms with Gasteiger partial charge in [-0.2, -0.15) is 5.10 Å². The van der Waals surface area contributed by atoms with E-state index >= 15 is 0 Å². The molecule has 1 unspecified atom stereocenters. The highest BCUT2D eigenvalue weighted by Gasteiger charge is 2.34. The van der Waals surface area contributed by atoms with Gasteiger partial charge in [-0.1, -0.05) is 54.6 Å². The van der Waals surface area contributed by atoms with Gasteiger partial charge in [-0.15, -0.1) is 0 Å². The Labute approximate surface area is 167 Å². The number of carbonyl (C=O) groups is 2. The molecule has 0 radical (unpaired) electrons. The number of nitrogens with one attached hydrogen (secondary N) is 2. The Bertz CT molecular complexity index is 954. The van der Waals surface area contributed by atoms with Gasteiger partial charge in [0.15, 0.2) is 5.60 Å². The van der Waals surface area contributed by atoms with Crippen LogP contribution in [0.25, 0.3) is 11.1 Å². The summed E-state index contributed by atoms with van der Waals surface area (Å²) in [6.45, 7) is 1.21. The van der Waals surface area contributed by atoms with Crippen LogP contribution in [0.1, 0.15) is 29.5 Å². The molecule has 3 rings (SSSR count). The zero-order valence-electron chi connectivity index (χ0n) is 15.9. The number of hydrogen-bond donors (Lipinski definition) is 4. The lowest BCUT2D eigenvalue weighted by molar-refractivity contribution is -0.157. The maximum Gasteiger partial charge on any atom is 0.335 e. The van der Waals surface area contributed by atoms with Crippen LogP contribution in [0.4, 0.5) is 0 Å². The number of aliphatic hydroxyl groups is 1. The number of benzene rings is 2. The number of carboxylic acids is 1. The van der Waals surface area contributed by atoms with Crippen molar-refractivity contribution >= 4 is 11.9 Å². The summed E-state index contributed by atoms with van der Waals surface area (Å²) in [7, 11) is 0. The molecular weight excluding hydrogens is 372 g/mol. The normalized spacial score (nSPS) is 14.0. The number of carbonyl (C=O) groups excluding carboxylic acids is 1. The van der Waals surface area contributed by atoms with Crippen molar-refractivity contribution in [2.45, 2.75) is 31.4 Å². The largest absolute Gasteiger partial charge is 0.479 e. The van der Waals surface area contributed by atoms with E-state index in [4.69, 9.17) is 0 Å². The van der Waals surface area contributed by atoms with Crippen LogP contribution in [0.2, 0.25) is 0 Å². The fraction of sp³-hybridized carbons (Fsp3) is 0.238. The van der Waals surface area contributed by atoms with Crippen molar-refractivity contribution < 1.29 is 19.8 Å². The number of aromatic nitrogens is 3. The van der Waals surface area contributed by atoms with E-state index in [-0.39, 0.29) is 12.2 Å². The molecule has 0 spiro atoms.